The van der Waals surface area contributed by atoms with Crippen LogP contribution in [-0.4, -0.2) is 31.1 Å². The number of hydrogen-bond acceptors (Lipinski definition) is 5. The lowest BCUT2D eigenvalue weighted by molar-refractivity contribution is -0.123. The van der Waals surface area contributed by atoms with Crippen molar-refractivity contribution in [1.29, 1.82) is 0 Å². The number of sulfonamides is 1. The number of nitrogens with one attached hydrogen (secondary N) is 1. The van der Waals surface area contributed by atoms with Crippen LogP contribution in [0.4, 0.5) is 0 Å². The third kappa shape index (κ3) is 3.99. The molecule has 2 heterocycles. The Bertz CT molecular complexity index is 1160. The first kappa shape index (κ1) is 19.9. The molecule has 8 heteroatoms. The van der Waals surface area contributed by atoms with Crippen LogP contribution in [0, 0.1) is 0 Å². The average molecular weight is 424 g/mol. The van der Waals surface area contributed by atoms with Crippen molar-refractivity contribution >= 4 is 21.8 Å². The maximum atomic E-state index is 13.1. The first-order chi connectivity index (χ1) is 14.4. The van der Waals surface area contributed by atoms with Crippen LogP contribution in [0.2, 0.25) is 0 Å². The number of carbonyl (C=O) groups is 2. The van der Waals surface area contributed by atoms with Gasteiger partial charge in [0, 0.05) is 24.4 Å². The Morgan fingerprint density at radius 3 is 2.60 bits per heavy atom. The van der Waals surface area contributed by atoms with E-state index in [1.807, 2.05) is 30.3 Å². The maximum Gasteiger partial charge on any atom is 0.266 e. The van der Waals surface area contributed by atoms with E-state index in [4.69, 9.17) is 4.42 Å². The zero-order valence-corrected chi connectivity index (χ0v) is 16.8. The van der Waals surface area contributed by atoms with Gasteiger partial charge in [0.2, 0.25) is 5.91 Å². The van der Waals surface area contributed by atoms with Gasteiger partial charge in [0.25, 0.3) is 15.9 Å². The summed E-state index contributed by atoms with van der Waals surface area (Å²) in [6, 6.07) is 18.5. The van der Waals surface area contributed by atoms with E-state index in [-0.39, 0.29) is 35.9 Å². The summed E-state index contributed by atoms with van der Waals surface area (Å²) < 4.78 is 32.3. The molecule has 0 radical (unpaired) electrons. The fourth-order valence-electron chi connectivity index (χ4n) is 3.47. The molecular formula is C22H20N2O5S. The lowest BCUT2D eigenvalue weighted by Gasteiger charge is -2.17. The SMILES string of the molecule is O=C(NCc1ccco1)c1cccc(S(=O)(=O)N2CC(c3ccccc3)CC2=O)c1. The van der Waals surface area contributed by atoms with Crippen LogP contribution >= 0.6 is 0 Å². The van der Waals surface area contributed by atoms with Crippen molar-refractivity contribution in [3.05, 3.63) is 89.9 Å². The quantitative estimate of drug-likeness (QED) is 0.656. The second kappa shape index (κ2) is 8.16. The molecule has 0 saturated carbocycles. The fourth-order valence-corrected chi connectivity index (χ4v) is 4.97. The molecule has 2 aromatic carbocycles. The topological polar surface area (TPSA) is 96.7 Å². The molecule has 1 aliphatic heterocycles. The van der Waals surface area contributed by atoms with Crippen molar-refractivity contribution < 1.29 is 22.4 Å². The van der Waals surface area contributed by atoms with Gasteiger partial charge in [-0.3, -0.25) is 9.59 Å². The lowest BCUT2D eigenvalue weighted by atomic mass is 9.99. The predicted molar refractivity (Wildman–Crippen MR) is 109 cm³/mol. The second-order valence-corrected chi connectivity index (χ2v) is 8.89. The average Bonchev–Trinajstić information content (AvgIpc) is 3.42. The molecule has 30 heavy (non-hydrogen) atoms. The van der Waals surface area contributed by atoms with E-state index in [0.717, 1.165) is 9.87 Å². The summed E-state index contributed by atoms with van der Waals surface area (Å²) in [5.41, 5.74) is 1.11. The van der Waals surface area contributed by atoms with Gasteiger partial charge in [-0.15, -0.1) is 0 Å². The molecule has 1 saturated heterocycles. The molecular weight excluding hydrogens is 404 g/mol. The second-order valence-electron chi connectivity index (χ2n) is 7.03. The number of rotatable bonds is 6. The molecule has 1 aromatic heterocycles. The third-order valence-electron chi connectivity index (χ3n) is 5.04. The van der Waals surface area contributed by atoms with Gasteiger partial charge >= 0.3 is 0 Å². The largest absolute Gasteiger partial charge is 0.467 e. The number of benzene rings is 2. The Kier molecular flexibility index (Phi) is 5.41. The van der Waals surface area contributed by atoms with Gasteiger partial charge in [-0.2, -0.15) is 0 Å². The third-order valence-corrected chi connectivity index (χ3v) is 6.83. The van der Waals surface area contributed by atoms with Crippen LogP contribution in [-0.2, 0) is 21.4 Å². The Morgan fingerprint density at radius 2 is 1.87 bits per heavy atom. The summed E-state index contributed by atoms with van der Waals surface area (Å²) in [7, 11) is -4.06. The van der Waals surface area contributed by atoms with Crippen molar-refractivity contribution in [2.75, 3.05) is 6.54 Å². The van der Waals surface area contributed by atoms with Gasteiger partial charge in [-0.05, 0) is 35.9 Å². The number of furan rings is 1. The molecule has 2 amide bonds. The molecule has 154 valence electrons. The minimum Gasteiger partial charge on any atom is -0.467 e. The molecule has 1 N–H and O–H groups in total. The molecule has 0 spiro atoms. The fraction of sp³-hybridized carbons (Fsp3) is 0.182. The zero-order valence-electron chi connectivity index (χ0n) is 16.0. The van der Waals surface area contributed by atoms with Crippen molar-refractivity contribution in [2.24, 2.45) is 0 Å². The minimum atomic E-state index is -4.06. The Morgan fingerprint density at radius 1 is 1.07 bits per heavy atom. The smallest absolute Gasteiger partial charge is 0.266 e. The standard InChI is InChI=1S/C22H20N2O5S/c25-21-13-18(16-6-2-1-3-7-16)15-24(21)30(27,28)20-10-4-8-17(12-20)22(26)23-14-19-9-5-11-29-19/h1-12,18H,13-15H2,(H,23,26). The highest BCUT2D eigenvalue weighted by Gasteiger charge is 2.39. The summed E-state index contributed by atoms with van der Waals surface area (Å²) in [5, 5.41) is 2.68. The number of carbonyl (C=O) groups excluding carboxylic acids is 2. The zero-order chi connectivity index (χ0) is 21.1. The predicted octanol–water partition coefficient (Wildman–Crippen LogP) is 2.91. The number of hydrogen-bond donors (Lipinski definition) is 1. The summed E-state index contributed by atoms with van der Waals surface area (Å²) in [6.07, 6.45) is 1.64. The van der Waals surface area contributed by atoms with Crippen LogP contribution < -0.4 is 5.32 Å². The van der Waals surface area contributed by atoms with Crippen LogP contribution in [0.25, 0.3) is 0 Å². The summed E-state index contributed by atoms with van der Waals surface area (Å²) in [6.45, 7) is 0.270. The van der Waals surface area contributed by atoms with Gasteiger partial charge < -0.3 is 9.73 Å². The highest BCUT2D eigenvalue weighted by atomic mass is 32.2. The van der Waals surface area contributed by atoms with Gasteiger partial charge in [-0.1, -0.05) is 36.4 Å². The molecule has 1 fully saturated rings. The van der Waals surface area contributed by atoms with E-state index in [9.17, 15) is 18.0 Å². The Balaban J connectivity index is 1.52. The monoisotopic (exact) mass is 424 g/mol. The Hall–Kier alpha value is -3.39. The molecule has 1 aliphatic rings. The first-order valence-corrected chi connectivity index (χ1v) is 10.9. The van der Waals surface area contributed by atoms with Crippen LogP contribution in [0.15, 0.2) is 82.3 Å². The van der Waals surface area contributed by atoms with E-state index in [0.29, 0.717) is 5.76 Å². The lowest BCUT2D eigenvalue weighted by Crippen LogP contribution is -2.32. The normalized spacial score (nSPS) is 16.6. The van der Waals surface area contributed by atoms with E-state index >= 15 is 0 Å². The van der Waals surface area contributed by atoms with Gasteiger partial charge in [0.15, 0.2) is 0 Å². The maximum absolute atomic E-state index is 13.1. The molecule has 1 unspecified atom stereocenters. The van der Waals surface area contributed by atoms with Crippen molar-refractivity contribution in [1.82, 2.24) is 9.62 Å². The molecule has 4 rings (SSSR count). The van der Waals surface area contributed by atoms with E-state index in [2.05, 4.69) is 5.32 Å². The number of amides is 2. The van der Waals surface area contributed by atoms with Gasteiger partial charge in [0.1, 0.15) is 5.76 Å². The van der Waals surface area contributed by atoms with Gasteiger partial charge in [0.05, 0.1) is 17.7 Å². The number of nitrogens with zero attached hydrogens (tertiary/aromatic N) is 1. The Labute approximate surface area is 174 Å². The first-order valence-electron chi connectivity index (χ1n) is 9.46. The van der Waals surface area contributed by atoms with Crippen LogP contribution in [0.5, 0.6) is 0 Å². The van der Waals surface area contributed by atoms with E-state index < -0.39 is 21.8 Å². The molecule has 1 atom stereocenters. The molecule has 0 bridgehead atoms. The molecule has 3 aromatic rings. The summed E-state index contributed by atoms with van der Waals surface area (Å²) in [4.78, 5) is 24.8. The highest BCUT2D eigenvalue weighted by Crippen LogP contribution is 2.32. The van der Waals surface area contributed by atoms with Crippen molar-refractivity contribution in [2.45, 2.75) is 23.8 Å². The van der Waals surface area contributed by atoms with Gasteiger partial charge in [-0.25, -0.2) is 12.7 Å². The van der Waals surface area contributed by atoms with E-state index in [1.54, 1.807) is 12.1 Å². The van der Waals surface area contributed by atoms with Crippen LogP contribution in [0.1, 0.15) is 34.0 Å². The highest BCUT2D eigenvalue weighted by molar-refractivity contribution is 7.89. The minimum absolute atomic E-state index is 0.0834. The summed E-state index contributed by atoms with van der Waals surface area (Å²) in [5.74, 6) is -0.482. The van der Waals surface area contributed by atoms with Crippen molar-refractivity contribution in [3.8, 4) is 0 Å². The summed E-state index contributed by atoms with van der Waals surface area (Å²) >= 11 is 0. The van der Waals surface area contributed by atoms with Crippen LogP contribution in [0.3, 0.4) is 0 Å². The molecule has 0 aliphatic carbocycles. The van der Waals surface area contributed by atoms with E-state index in [1.165, 1.54) is 30.5 Å². The van der Waals surface area contributed by atoms with Crippen molar-refractivity contribution in [3.63, 3.8) is 0 Å². The molecule has 7 nitrogen and oxygen atoms in total.